The van der Waals surface area contributed by atoms with Gasteiger partial charge in [0.1, 0.15) is 0 Å². The first-order valence-electron chi connectivity index (χ1n) is 6.44. The molecule has 0 saturated heterocycles. The molecule has 8 heteroatoms. The van der Waals surface area contributed by atoms with Crippen molar-refractivity contribution in [2.75, 3.05) is 24.5 Å². The minimum Gasteiger partial charge on any atom is -0.478 e. The topological polar surface area (TPSA) is 125 Å². The van der Waals surface area contributed by atoms with E-state index in [-0.39, 0.29) is 24.7 Å². The highest BCUT2D eigenvalue weighted by Gasteiger charge is 2.25. The van der Waals surface area contributed by atoms with Crippen molar-refractivity contribution in [2.24, 2.45) is 5.73 Å². The van der Waals surface area contributed by atoms with Gasteiger partial charge in [0.2, 0.25) is 0 Å². The predicted molar refractivity (Wildman–Crippen MR) is 75.4 cm³/mol. The van der Waals surface area contributed by atoms with Crippen LogP contribution in [0.3, 0.4) is 0 Å². The Kier molecular flexibility index (Phi) is 4.27. The molecule has 1 aliphatic rings. The maximum Gasteiger partial charge on any atom is 0.335 e. The van der Waals surface area contributed by atoms with Gasteiger partial charge >= 0.3 is 18.0 Å². The van der Waals surface area contributed by atoms with Crippen LogP contribution in [0.1, 0.15) is 15.9 Å². The zero-order valence-corrected chi connectivity index (χ0v) is 11.3. The van der Waals surface area contributed by atoms with Gasteiger partial charge in [-0.1, -0.05) is 6.07 Å². The number of primary amides is 1. The van der Waals surface area contributed by atoms with Gasteiger partial charge in [0.05, 0.1) is 5.56 Å². The molecule has 112 valence electrons. The third kappa shape index (κ3) is 3.41. The zero-order valence-electron chi connectivity index (χ0n) is 11.3. The highest BCUT2D eigenvalue weighted by molar-refractivity contribution is 5.97. The first kappa shape index (κ1) is 14.6. The van der Waals surface area contributed by atoms with E-state index < -0.39 is 12.0 Å². The fourth-order valence-electron chi connectivity index (χ4n) is 2.17. The number of rotatable bonds is 4. The number of amides is 4. The van der Waals surface area contributed by atoms with Crippen molar-refractivity contribution >= 4 is 23.7 Å². The van der Waals surface area contributed by atoms with Crippen LogP contribution in [-0.4, -0.2) is 42.8 Å². The average molecular weight is 292 g/mol. The number of hydrogen-bond donors (Lipinski definition) is 4. The molecule has 0 fully saturated rings. The number of anilines is 1. The summed E-state index contributed by atoms with van der Waals surface area (Å²) in [4.78, 5) is 35.0. The summed E-state index contributed by atoms with van der Waals surface area (Å²) < 4.78 is 0. The highest BCUT2D eigenvalue weighted by Crippen LogP contribution is 2.29. The summed E-state index contributed by atoms with van der Waals surface area (Å²) in [5.74, 6) is -1.03. The van der Waals surface area contributed by atoms with Crippen LogP contribution < -0.4 is 21.3 Å². The van der Waals surface area contributed by atoms with Crippen molar-refractivity contribution < 1.29 is 19.5 Å². The lowest BCUT2D eigenvalue weighted by Crippen LogP contribution is -2.43. The summed E-state index contributed by atoms with van der Waals surface area (Å²) in [5.41, 5.74) is 6.60. The lowest BCUT2D eigenvalue weighted by Gasteiger charge is -2.18. The monoisotopic (exact) mass is 292 g/mol. The van der Waals surface area contributed by atoms with Gasteiger partial charge in [0, 0.05) is 25.3 Å². The average Bonchev–Trinajstić information content (AvgIpc) is 2.86. The maximum absolute atomic E-state index is 12.1. The Morgan fingerprint density at radius 3 is 2.62 bits per heavy atom. The number of carbonyl (C=O) groups excluding carboxylic acids is 2. The van der Waals surface area contributed by atoms with Gasteiger partial charge in [-0.3, -0.25) is 4.90 Å². The molecule has 4 amide bonds. The Balaban J connectivity index is 2.00. The minimum absolute atomic E-state index is 0.142. The number of nitrogens with two attached hydrogens (primary N) is 1. The summed E-state index contributed by atoms with van der Waals surface area (Å²) in [6.45, 7) is 0.969. The molecule has 8 nitrogen and oxygen atoms in total. The summed E-state index contributed by atoms with van der Waals surface area (Å²) in [6, 6.07) is 3.76. The number of hydrogen-bond acceptors (Lipinski definition) is 3. The molecular formula is C13H16N4O4. The number of nitrogens with one attached hydrogen (secondary N) is 2. The van der Waals surface area contributed by atoms with Crippen LogP contribution in [0.2, 0.25) is 0 Å². The van der Waals surface area contributed by atoms with E-state index in [9.17, 15) is 14.4 Å². The van der Waals surface area contributed by atoms with Gasteiger partial charge in [-0.25, -0.2) is 14.4 Å². The molecule has 0 radical (unpaired) electrons. The van der Waals surface area contributed by atoms with Crippen molar-refractivity contribution in [1.82, 2.24) is 10.6 Å². The largest absolute Gasteiger partial charge is 0.478 e. The van der Waals surface area contributed by atoms with E-state index in [2.05, 4.69) is 10.6 Å². The smallest absolute Gasteiger partial charge is 0.335 e. The molecule has 0 unspecified atom stereocenters. The second-order valence-electron chi connectivity index (χ2n) is 4.57. The van der Waals surface area contributed by atoms with Crippen LogP contribution in [-0.2, 0) is 6.42 Å². The van der Waals surface area contributed by atoms with Crippen LogP contribution in [0.5, 0.6) is 0 Å². The van der Waals surface area contributed by atoms with E-state index in [0.717, 1.165) is 5.56 Å². The number of nitrogens with zero attached hydrogens (tertiary/aromatic N) is 1. The molecule has 1 aromatic rings. The molecule has 1 heterocycles. The number of carboxylic acids is 1. The normalized spacial score (nSPS) is 12.7. The van der Waals surface area contributed by atoms with Crippen molar-refractivity contribution in [3.63, 3.8) is 0 Å². The molecule has 0 spiro atoms. The molecule has 0 aromatic heterocycles. The van der Waals surface area contributed by atoms with Gasteiger partial charge in [0.15, 0.2) is 0 Å². The lowest BCUT2D eigenvalue weighted by molar-refractivity contribution is 0.0697. The molecule has 1 aromatic carbocycles. The van der Waals surface area contributed by atoms with Crippen LogP contribution in [0, 0.1) is 0 Å². The Labute approximate surface area is 120 Å². The van der Waals surface area contributed by atoms with Crippen LogP contribution in [0.25, 0.3) is 0 Å². The number of aromatic carboxylic acids is 1. The molecule has 0 bridgehead atoms. The number of carbonyl (C=O) groups is 3. The first-order valence-corrected chi connectivity index (χ1v) is 6.44. The van der Waals surface area contributed by atoms with Gasteiger partial charge in [-0.15, -0.1) is 0 Å². The van der Waals surface area contributed by atoms with E-state index in [1.807, 2.05) is 0 Å². The van der Waals surface area contributed by atoms with E-state index >= 15 is 0 Å². The summed E-state index contributed by atoms with van der Waals surface area (Å²) in [6.07, 6.45) is 0.683. The summed E-state index contributed by atoms with van der Waals surface area (Å²) in [7, 11) is 0. The van der Waals surface area contributed by atoms with Crippen molar-refractivity contribution in [1.29, 1.82) is 0 Å². The molecule has 0 atom stereocenters. The van der Waals surface area contributed by atoms with Crippen molar-refractivity contribution in [2.45, 2.75) is 6.42 Å². The molecule has 0 saturated carbocycles. The molecule has 2 rings (SSSR count). The molecular weight excluding hydrogens is 276 g/mol. The molecule has 0 aliphatic carbocycles. The van der Waals surface area contributed by atoms with E-state index in [1.54, 1.807) is 6.07 Å². The maximum atomic E-state index is 12.1. The fourth-order valence-corrected chi connectivity index (χ4v) is 2.17. The van der Waals surface area contributed by atoms with Crippen LogP contribution >= 0.6 is 0 Å². The third-order valence-electron chi connectivity index (χ3n) is 3.17. The Bertz CT molecular complexity index is 588. The number of carboxylic acid groups (broad SMARTS) is 1. The first-order chi connectivity index (χ1) is 9.99. The minimum atomic E-state index is -1.03. The van der Waals surface area contributed by atoms with Crippen molar-refractivity contribution in [3.8, 4) is 0 Å². The summed E-state index contributed by atoms with van der Waals surface area (Å²) in [5, 5.41) is 14.0. The lowest BCUT2D eigenvalue weighted by atomic mass is 10.1. The summed E-state index contributed by atoms with van der Waals surface area (Å²) >= 11 is 0. The van der Waals surface area contributed by atoms with E-state index in [4.69, 9.17) is 10.8 Å². The zero-order chi connectivity index (χ0) is 15.4. The SMILES string of the molecule is NC(=O)NCCNC(=O)N1CCc2ccc(C(=O)O)cc21. The second kappa shape index (κ2) is 6.12. The number of urea groups is 2. The van der Waals surface area contributed by atoms with Crippen LogP contribution in [0.4, 0.5) is 15.3 Å². The molecule has 1 aliphatic heterocycles. The Morgan fingerprint density at radius 1 is 1.24 bits per heavy atom. The van der Waals surface area contributed by atoms with E-state index in [1.165, 1.54) is 17.0 Å². The fraction of sp³-hybridized carbons (Fsp3) is 0.308. The quantitative estimate of drug-likeness (QED) is 0.588. The Morgan fingerprint density at radius 2 is 1.95 bits per heavy atom. The molecule has 21 heavy (non-hydrogen) atoms. The Hall–Kier alpha value is -2.77. The van der Waals surface area contributed by atoms with E-state index in [0.29, 0.717) is 18.7 Å². The number of benzene rings is 1. The van der Waals surface area contributed by atoms with Gasteiger partial charge in [-0.2, -0.15) is 0 Å². The highest BCUT2D eigenvalue weighted by atomic mass is 16.4. The van der Waals surface area contributed by atoms with Crippen LogP contribution in [0.15, 0.2) is 18.2 Å². The second-order valence-corrected chi connectivity index (χ2v) is 4.57. The van der Waals surface area contributed by atoms with Gasteiger partial charge in [-0.05, 0) is 24.1 Å². The third-order valence-corrected chi connectivity index (χ3v) is 3.17. The molecule has 5 N–H and O–H groups in total. The predicted octanol–water partition coefficient (Wildman–Crippen LogP) is 0.125. The van der Waals surface area contributed by atoms with Gasteiger partial charge in [0.25, 0.3) is 0 Å². The standard InChI is InChI=1S/C13H16N4O4/c14-12(20)15-4-5-16-13(21)17-6-3-8-1-2-9(11(18)19)7-10(8)17/h1-2,7H,3-6H2,(H,16,21)(H,18,19)(H3,14,15,20). The number of fused-ring (bicyclic) bond motifs is 1. The van der Waals surface area contributed by atoms with Gasteiger partial charge < -0.3 is 21.5 Å². The van der Waals surface area contributed by atoms with Crippen molar-refractivity contribution in [3.05, 3.63) is 29.3 Å².